The Morgan fingerprint density at radius 2 is 2.16 bits per heavy atom. The van der Waals surface area contributed by atoms with Crippen LogP contribution in [-0.4, -0.2) is 28.5 Å². The summed E-state index contributed by atoms with van der Waals surface area (Å²) in [6.07, 6.45) is 1.65. The van der Waals surface area contributed by atoms with Crippen LogP contribution in [0, 0.1) is 6.92 Å². The SMILES string of the molecule is CCn1nc(C)c(Br)c1CC(NN)C(C)(CC)OC. The van der Waals surface area contributed by atoms with Crippen molar-refractivity contribution in [2.24, 2.45) is 5.84 Å². The molecule has 1 aromatic heterocycles. The van der Waals surface area contributed by atoms with E-state index >= 15 is 0 Å². The highest BCUT2D eigenvalue weighted by Crippen LogP contribution is 2.27. The fourth-order valence-electron chi connectivity index (χ4n) is 2.24. The molecule has 3 N–H and O–H groups in total. The maximum Gasteiger partial charge on any atom is 0.0817 e. The van der Waals surface area contributed by atoms with Gasteiger partial charge >= 0.3 is 0 Å². The Morgan fingerprint density at radius 1 is 1.53 bits per heavy atom. The van der Waals surface area contributed by atoms with Crippen LogP contribution in [-0.2, 0) is 17.7 Å². The fourth-order valence-corrected chi connectivity index (χ4v) is 2.69. The Morgan fingerprint density at radius 3 is 2.58 bits per heavy atom. The zero-order chi connectivity index (χ0) is 14.6. The summed E-state index contributed by atoms with van der Waals surface area (Å²) < 4.78 is 8.71. The number of nitrogens with zero attached hydrogens (tertiary/aromatic N) is 2. The molecule has 0 amide bonds. The van der Waals surface area contributed by atoms with Gasteiger partial charge in [-0.3, -0.25) is 16.0 Å². The lowest BCUT2D eigenvalue weighted by Gasteiger charge is -2.35. The van der Waals surface area contributed by atoms with E-state index in [0.717, 1.165) is 35.2 Å². The van der Waals surface area contributed by atoms with Gasteiger partial charge in [-0.25, -0.2) is 0 Å². The van der Waals surface area contributed by atoms with Crippen molar-refractivity contribution in [1.82, 2.24) is 15.2 Å². The summed E-state index contributed by atoms with van der Waals surface area (Å²) in [4.78, 5) is 0. The van der Waals surface area contributed by atoms with Gasteiger partial charge in [0.25, 0.3) is 0 Å². The lowest BCUT2D eigenvalue weighted by Crippen LogP contribution is -2.54. The molecule has 0 saturated carbocycles. The molecular weight excluding hydrogens is 308 g/mol. The minimum atomic E-state index is -0.301. The van der Waals surface area contributed by atoms with E-state index in [0.29, 0.717) is 0 Å². The number of aromatic nitrogens is 2. The molecule has 0 aliphatic heterocycles. The zero-order valence-corrected chi connectivity index (χ0v) is 14.0. The molecule has 1 heterocycles. The van der Waals surface area contributed by atoms with Gasteiger partial charge in [0.05, 0.1) is 27.5 Å². The third-order valence-electron chi connectivity index (χ3n) is 3.96. The molecule has 5 nitrogen and oxygen atoms in total. The Balaban J connectivity index is 3.05. The van der Waals surface area contributed by atoms with Crippen LogP contribution in [0.3, 0.4) is 0 Å². The van der Waals surface area contributed by atoms with Crippen LogP contribution in [0.2, 0.25) is 0 Å². The molecule has 0 saturated heterocycles. The molecule has 2 unspecified atom stereocenters. The van der Waals surface area contributed by atoms with Crippen LogP contribution in [0.25, 0.3) is 0 Å². The molecule has 2 atom stereocenters. The molecule has 0 bridgehead atoms. The number of aryl methyl sites for hydroxylation is 2. The van der Waals surface area contributed by atoms with E-state index in [9.17, 15) is 0 Å². The van der Waals surface area contributed by atoms with Crippen LogP contribution in [0.5, 0.6) is 0 Å². The molecule has 0 aromatic carbocycles. The highest BCUT2D eigenvalue weighted by atomic mass is 79.9. The van der Waals surface area contributed by atoms with Crippen LogP contribution in [0.1, 0.15) is 38.6 Å². The van der Waals surface area contributed by atoms with Gasteiger partial charge in [0.15, 0.2) is 0 Å². The average Bonchev–Trinajstić information content (AvgIpc) is 2.70. The summed E-state index contributed by atoms with van der Waals surface area (Å²) in [5, 5.41) is 4.51. The van der Waals surface area contributed by atoms with Gasteiger partial charge in [0.1, 0.15) is 0 Å². The van der Waals surface area contributed by atoms with E-state index in [-0.39, 0.29) is 11.6 Å². The van der Waals surface area contributed by atoms with E-state index in [1.54, 1.807) is 7.11 Å². The molecule has 1 rings (SSSR count). The van der Waals surface area contributed by atoms with Crippen LogP contribution >= 0.6 is 15.9 Å². The Labute approximate surface area is 124 Å². The summed E-state index contributed by atoms with van der Waals surface area (Å²) in [5.41, 5.74) is 4.75. The maximum absolute atomic E-state index is 5.73. The van der Waals surface area contributed by atoms with Crippen molar-refractivity contribution in [2.75, 3.05) is 7.11 Å². The standard InChI is InChI=1S/C13H25BrN4O/c1-6-13(4,19-5)11(16-15)8-10-12(14)9(3)17-18(10)7-2/h11,16H,6-8,15H2,1-5H3. The predicted molar refractivity (Wildman–Crippen MR) is 80.9 cm³/mol. The van der Waals surface area contributed by atoms with Gasteiger partial charge in [-0.15, -0.1) is 0 Å². The van der Waals surface area contributed by atoms with Gasteiger partial charge < -0.3 is 4.74 Å². The summed E-state index contributed by atoms with van der Waals surface area (Å²) in [7, 11) is 1.73. The lowest BCUT2D eigenvalue weighted by molar-refractivity contribution is -0.0293. The number of ether oxygens (including phenoxy) is 1. The molecule has 0 aliphatic rings. The number of hydrogen-bond acceptors (Lipinski definition) is 4. The molecular formula is C13H25BrN4O. The Bertz CT molecular complexity index is 415. The first-order valence-corrected chi connectivity index (χ1v) is 7.45. The van der Waals surface area contributed by atoms with Gasteiger partial charge in [-0.05, 0) is 43.1 Å². The van der Waals surface area contributed by atoms with Crippen molar-refractivity contribution in [3.8, 4) is 0 Å². The largest absolute Gasteiger partial charge is 0.377 e. The lowest BCUT2D eigenvalue weighted by atomic mass is 9.90. The van der Waals surface area contributed by atoms with Crippen molar-refractivity contribution in [2.45, 2.75) is 58.7 Å². The van der Waals surface area contributed by atoms with E-state index in [1.807, 2.05) is 11.6 Å². The van der Waals surface area contributed by atoms with Crippen molar-refractivity contribution >= 4 is 15.9 Å². The van der Waals surface area contributed by atoms with Crippen molar-refractivity contribution in [1.29, 1.82) is 0 Å². The van der Waals surface area contributed by atoms with Gasteiger partial charge in [-0.2, -0.15) is 5.10 Å². The van der Waals surface area contributed by atoms with Crippen molar-refractivity contribution < 1.29 is 4.74 Å². The number of hydrogen-bond donors (Lipinski definition) is 2. The third kappa shape index (κ3) is 3.37. The van der Waals surface area contributed by atoms with Gasteiger partial charge in [0, 0.05) is 20.1 Å². The first kappa shape index (κ1) is 16.6. The van der Waals surface area contributed by atoms with Gasteiger partial charge in [0.2, 0.25) is 0 Å². The summed E-state index contributed by atoms with van der Waals surface area (Å²) >= 11 is 3.62. The second kappa shape index (κ2) is 6.83. The normalized spacial score (nSPS) is 16.4. The monoisotopic (exact) mass is 332 g/mol. The fraction of sp³-hybridized carbons (Fsp3) is 0.769. The van der Waals surface area contributed by atoms with Crippen LogP contribution in [0.4, 0.5) is 0 Å². The first-order chi connectivity index (χ1) is 8.93. The highest BCUT2D eigenvalue weighted by Gasteiger charge is 2.33. The van der Waals surface area contributed by atoms with Crippen molar-refractivity contribution in [3.63, 3.8) is 0 Å². The number of nitrogens with two attached hydrogens (primary N) is 1. The number of halogens is 1. The molecule has 1 aromatic rings. The zero-order valence-electron chi connectivity index (χ0n) is 12.5. The molecule has 6 heteroatoms. The predicted octanol–water partition coefficient (Wildman–Crippen LogP) is 2.16. The average molecular weight is 333 g/mol. The molecule has 110 valence electrons. The first-order valence-electron chi connectivity index (χ1n) is 6.66. The molecule has 0 radical (unpaired) electrons. The molecule has 0 aliphatic carbocycles. The minimum Gasteiger partial charge on any atom is -0.377 e. The maximum atomic E-state index is 5.73. The third-order valence-corrected chi connectivity index (χ3v) is 4.99. The molecule has 0 spiro atoms. The second-order valence-corrected chi connectivity index (χ2v) is 5.75. The summed E-state index contributed by atoms with van der Waals surface area (Å²) in [6, 6.07) is 0.0280. The number of hydrazine groups is 1. The minimum absolute atomic E-state index is 0.0280. The topological polar surface area (TPSA) is 65.1 Å². The quantitative estimate of drug-likeness (QED) is 0.593. The number of rotatable bonds is 7. The Kier molecular flexibility index (Phi) is 5.98. The summed E-state index contributed by atoms with van der Waals surface area (Å²) in [5.74, 6) is 5.73. The number of methoxy groups -OCH3 is 1. The van der Waals surface area contributed by atoms with Gasteiger partial charge in [-0.1, -0.05) is 6.92 Å². The second-order valence-electron chi connectivity index (χ2n) is 4.96. The highest BCUT2D eigenvalue weighted by molar-refractivity contribution is 9.10. The smallest absolute Gasteiger partial charge is 0.0817 e. The van der Waals surface area contributed by atoms with Crippen LogP contribution in [0.15, 0.2) is 4.47 Å². The Hall–Kier alpha value is -0.430. The van der Waals surface area contributed by atoms with E-state index in [4.69, 9.17) is 10.6 Å². The number of nitrogens with one attached hydrogen (secondary N) is 1. The molecule has 0 fully saturated rings. The molecule has 19 heavy (non-hydrogen) atoms. The summed E-state index contributed by atoms with van der Waals surface area (Å²) in [6.45, 7) is 9.10. The van der Waals surface area contributed by atoms with Crippen LogP contribution < -0.4 is 11.3 Å². The van der Waals surface area contributed by atoms with E-state index in [2.05, 4.69) is 47.2 Å². The van der Waals surface area contributed by atoms with Crippen molar-refractivity contribution in [3.05, 3.63) is 15.9 Å². The van der Waals surface area contributed by atoms with E-state index in [1.165, 1.54) is 0 Å². The van der Waals surface area contributed by atoms with E-state index < -0.39 is 0 Å².